The number of carbonyl (C=O) groups excluding carboxylic acids is 3. The monoisotopic (exact) mass is 817 g/mol. The van der Waals surface area contributed by atoms with Crippen molar-refractivity contribution in [2.75, 3.05) is 13.2 Å². The fraction of sp³-hybridized carbons (Fsp3) is 0.604. The molecule has 0 N–H and O–H groups in total. The van der Waals surface area contributed by atoms with Gasteiger partial charge in [-0.2, -0.15) is 0 Å². The van der Waals surface area contributed by atoms with Crippen LogP contribution in [0.1, 0.15) is 188 Å². The van der Waals surface area contributed by atoms with Gasteiger partial charge in [0.15, 0.2) is 6.10 Å². The minimum Gasteiger partial charge on any atom is -0.462 e. The van der Waals surface area contributed by atoms with Gasteiger partial charge in [0.2, 0.25) is 0 Å². The Morgan fingerprint density at radius 1 is 0.356 bits per heavy atom. The van der Waals surface area contributed by atoms with Crippen LogP contribution in [0.2, 0.25) is 0 Å². The van der Waals surface area contributed by atoms with Crippen LogP contribution < -0.4 is 0 Å². The maximum absolute atomic E-state index is 12.7. The molecule has 0 rings (SSSR count). The van der Waals surface area contributed by atoms with Crippen molar-refractivity contribution in [3.8, 4) is 0 Å². The first-order valence-electron chi connectivity index (χ1n) is 23.4. The van der Waals surface area contributed by atoms with Gasteiger partial charge in [-0.25, -0.2) is 0 Å². The number of unbranched alkanes of at least 4 members (excludes halogenated alkanes) is 11. The summed E-state index contributed by atoms with van der Waals surface area (Å²) in [6, 6.07) is 0. The predicted octanol–water partition coefficient (Wildman–Crippen LogP) is 15.2. The Morgan fingerprint density at radius 3 is 1.20 bits per heavy atom. The zero-order valence-electron chi connectivity index (χ0n) is 37.7. The summed E-state index contributed by atoms with van der Waals surface area (Å²) in [4.78, 5) is 37.7. The van der Waals surface area contributed by atoms with Crippen LogP contribution in [-0.2, 0) is 28.6 Å². The number of ether oxygens (including phenoxy) is 3. The van der Waals surface area contributed by atoms with Crippen molar-refractivity contribution in [2.24, 2.45) is 0 Å². The molecule has 1 atom stereocenters. The summed E-state index contributed by atoms with van der Waals surface area (Å²) in [5.41, 5.74) is 0. The van der Waals surface area contributed by atoms with Crippen LogP contribution in [0.25, 0.3) is 0 Å². The van der Waals surface area contributed by atoms with Crippen LogP contribution in [0, 0.1) is 0 Å². The fourth-order valence-corrected chi connectivity index (χ4v) is 5.80. The molecule has 0 saturated heterocycles. The maximum Gasteiger partial charge on any atom is 0.306 e. The van der Waals surface area contributed by atoms with Crippen molar-refractivity contribution >= 4 is 17.9 Å². The molecule has 0 fully saturated rings. The van der Waals surface area contributed by atoms with Crippen molar-refractivity contribution in [1.29, 1.82) is 0 Å². The second-order valence-corrected chi connectivity index (χ2v) is 14.9. The molecule has 0 amide bonds. The molecule has 0 spiro atoms. The zero-order chi connectivity index (χ0) is 43.0. The Hall–Kier alpha value is -3.93. The minimum absolute atomic E-state index is 0.124. The van der Waals surface area contributed by atoms with E-state index in [-0.39, 0.29) is 44.0 Å². The van der Waals surface area contributed by atoms with Crippen LogP contribution in [-0.4, -0.2) is 37.2 Å². The number of esters is 3. The summed E-state index contributed by atoms with van der Waals surface area (Å²) >= 11 is 0. The van der Waals surface area contributed by atoms with Gasteiger partial charge >= 0.3 is 17.9 Å². The molecule has 0 aromatic heterocycles. The fourth-order valence-electron chi connectivity index (χ4n) is 5.80. The topological polar surface area (TPSA) is 78.9 Å². The molecule has 0 heterocycles. The average Bonchev–Trinajstić information content (AvgIpc) is 3.23. The molecule has 59 heavy (non-hydrogen) atoms. The van der Waals surface area contributed by atoms with Gasteiger partial charge in [-0.15, -0.1) is 0 Å². The van der Waals surface area contributed by atoms with E-state index in [9.17, 15) is 14.4 Å². The standard InChI is InChI=1S/C53H84O6/c1-4-7-10-13-16-19-21-23-25-27-29-31-34-37-40-43-46-52(55)58-49-50(48-57-51(54)45-42-39-36-33-18-15-12-9-6-3)59-53(56)47-44-41-38-35-32-30-28-26-24-22-20-17-14-11-8-5-2/h7-8,10-11,16-17,19-20,23-26,29,31,33,36-37,40,50H,4-6,9,12-15,18,21-22,27-28,30,32,34-35,38-39,41-49H2,1-3H3/b10-7-,11-8-,19-16-,20-17-,25-23-,26-24-,31-29-,36-33-,40-37-. The normalized spacial score (nSPS) is 13.1. The summed E-state index contributed by atoms with van der Waals surface area (Å²) in [5, 5.41) is 0. The van der Waals surface area contributed by atoms with Crippen LogP contribution >= 0.6 is 0 Å². The Balaban J connectivity index is 4.53. The second-order valence-electron chi connectivity index (χ2n) is 14.9. The quantitative estimate of drug-likeness (QED) is 0.0265. The van der Waals surface area contributed by atoms with E-state index in [1.165, 1.54) is 38.5 Å². The van der Waals surface area contributed by atoms with Gasteiger partial charge in [0, 0.05) is 19.3 Å². The molecular formula is C53H84O6. The van der Waals surface area contributed by atoms with E-state index in [1.54, 1.807) is 0 Å². The van der Waals surface area contributed by atoms with Crippen LogP contribution in [0.3, 0.4) is 0 Å². The molecule has 6 heteroatoms. The Kier molecular flexibility index (Phi) is 43.6. The van der Waals surface area contributed by atoms with Gasteiger partial charge in [-0.3, -0.25) is 14.4 Å². The van der Waals surface area contributed by atoms with Crippen molar-refractivity contribution in [2.45, 2.75) is 194 Å². The van der Waals surface area contributed by atoms with Crippen molar-refractivity contribution < 1.29 is 28.6 Å². The first-order chi connectivity index (χ1) is 29.0. The molecule has 0 aliphatic rings. The summed E-state index contributed by atoms with van der Waals surface area (Å²) < 4.78 is 16.6. The number of hydrogen-bond donors (Lipinski definition) is 0. The maximum atomic E-state index is 12.7. The van der Waals surface area contributed by atoms with Crippen LogP contribution in [0.15, 0.2) is 109 Å². The SMILES string of the molecule is CC/C=C\C/C=C\C/C=C\C/C=C\C/C=C\CCC(=O)OCC(COC(=O)CCC/C=C\CCCCCC)OC(=O)CCCCCCCC/C=C\C/C=C\C/C=C\CC. The van der Waals surface area contributed by atoms with Crippen LogP contribution in [0.4, 0.5) is 0 Å². The molecule has 0 aromatic carbocycles. The highest BCUT2D eigenvalue weighted by Gasteiger charge is 2.19. The third kappa shape index (κ3) is 45.0. The third-order valence-corrected chi connectivity index (χ3v) is 9.26. The minimum atomic E-state index is -0.825. The van der Waals surface area contributed by atoms with E-state index in [1.807, 2.05) is 12.2 Å². The first-order valence-corrected chi connectivity index (χ1v) is 23.4. The van der Waals surface area contributed by atoms with Gasteiger partial charge in [0.25, 0.3) is 0 Å². The number of allylic oxidation sites excluding steroid dienone is 18. The molecule has 0 aliphatic heterocycles. The lowest BCUT2D eigenvalue weighted by Gasteiger charge is -2.18. The number of rotatable bonds is 40. The third-order valence-electron chi connectivity index (χ3n) is 9.26. The summed E-state index contributed by atoms with van der Waals surface area (Å²) in [7, 11) is 0. The summed E-state index contributed by atoms with van der Waals surface area (Å²) in [6.45, 7) is 6.24. The molecule has 0 aromatic rings. The first kappa shape index (κ1) is 55.1. The molecule has 6 nitrogen and oxygen atoms in total. The Labute approximate surface area is 361 Å². The van der Waals surface area contributed by atoms with Gasteiger partial charge in [-0.05, 0) is 103 Å². The van der Waals surface area contributed by atoms with Gasteiger partial charge in [0.05, 0.1) is 0 Å². The number of hydrogen-bond acceptors (Lipinski definition) is 6. The van der Waals surface area contributed by atoms with E-state index >= 15 is 0 Å². The van der Waals surface area contributed by atoms with E-state index in [0.29, 0.717) is 19.3 Å². The smallest absolute Gasteiger partial charge is 0.306 e. The highest BCUT2D eigenvalue weighted by atomic mass is 16.6. The van der Waals surface area contributed by atoms with Gasteiger partial charge in [0.1, 0.15) is 13.2 Å². The molecule has 1 unspecified atom stereocenters. The molecule has 0 radical (unpaired) electrons. The number of carbonyl (C=O) groups is 3. The zero-order valence-corrected chi connectivity index (χ0v) is 37.7. The highest BCUT2D eigenvalue weighted by molar-refractivity contribution is 5.71. The molecule has 0 saturated carbocycles. The lowest BCUT2D eigenvalue weighted by molar-refractivity contribution is -0.166. The van der Waals surface area contributed by atoms with E-state index < -0.39 is 6.10 Å². The predicted molar refractivity (Wildman–Crippen MR) is 251 cm³/mol. The van der Waals surface area contributed by atoms with Crippen molar-refractivity contribution in [1.82, 2.24) is 0 Å². The molecule has 0 bridgehead atoms. The molecule has 332 valence electrons. The summed E-state index contributed by atoms with van der Waals surface area (Å²) in [5.74, 6) is -1.07. The molecular weight excluding hydrogens is 733 g/mol. The second kappa shape index (κ2) is 46.8. The summed E-state index contributed by atoms with van der Waals surface area (Å²) in [6.07, 6.45) is 62.4. The van der Waals surface area contributed by atoms with Gasteiger partial charge < -0.3 is 14.2 Å². The van der Waals surface area contributed by atoms with Crippen LogP contribution in [0.5, 0.6) is 0 Å². The average molecular weight is 817 g/mol. The van der Waals surface area contributed by atoms with E-state index in [2.05, 4.69) is 118 Å². The lowest BCUT2D eigenvalue weighted by Crippen LogP contribution is -2.30. The Morgan fingerprint density at radius 2 is 0.712 bits per heavy atom. The van der Waals surface area contributed by atoms with Crippen molar-refractivity contribution in [3.63, 3.8) is 0 Å². The highest BCUT2D eigenvalue weighted by Crippen LogP contribution is 2.12. The van der Waals surface area contributed by atoms with Crippen molar-refractivity contribution in [3.05, 3.63) is 109 Å². The van der Waals surface area contributed by atoms with Gasteiger partial charge in [-0.1, -0.05) is 175 Å². The largest absolute Gasteiger partial charge is 0.462 e. The van der Waals surface area contributed by atoms with E-state index in [0.717, 1.165) is 96.3 Å². The van der Waals surface area contributed by atoms with E-state index in [4.69, 9.17) is 14.2 Å². The molecule has 0 aliphatic carbocycles. The Bertz CT molecular complexity index is 1260. The lowest BCUT2D eigenvalue weighted by atomic mass is 10.1.